The van der Waals surface area contributed by atoms with Crippen LogP contribution in [0.15, 0.2) is 64.2 Å². The van der Waals surface area contributed by atoms with Crippen molar-refractivity contribution in [2.24, 2.45) is 5.92 Å². The normalized spacial score (nSPS) is 15.7. The Hall–Kier alpha value is -3.68. The molecule has 0 spiro atoms. The summed E-state index contributed by atoms with van der Waals surface area (Å²) >= 11 is 0. The molecule has 8 heteroatoms. The van der Waals surface area contributed by atoms with E-state index in [1.807, 2.05) is 30.3 Å². The molecule has 31 heavy (non-hydrogen) atoms. The second-order valence-electron chi connectivity index (χ2n) is 7.79. The van der Waals surface area contributed by atoms with Crippen molar-refractivity contribution in [1.82, 2.24) is 14.5 Å². The van der Waals surface area contributed by atoms with Crippen LogP contribution in [-0.2, 0) is 16.0 Å². The number of carbonyl (C=O) groups is 2. The van der Waals surface area contributed by atoms with Gasteiger partial charge in [0.15, 0.2) is 0 Å². The monoisotopic (exact) mass is 421 g/mol. The zero-order valence-corrected chi connectivity index (χ0v) is 16.9. The van der Waals surface area contributed by atoms with Gasteiger partial charge in [0, 0.05) is 19.5 Å². The van der Waals surface area contributed by atoms with Gasteiger partial charge in [-0.1, -0.05) is 42.5 Å². The van der Waals surface area contributed by atoms with Gasteiger partial charge in [0.1, 0.15) is 6.04 Å². The van der Waals surface area contributed by atoms with Crippen molar-refractivity contribution in [3.63, 3.8) is 0 Å². The van der Waals surface area contributed by atoms with E-state index in [1.165, 1.54) is 0 Å². The third-order valence-electron chi connectivity index (χ3n) is 5.86. The second kappa shape index (κ2) is 8.59. The number of para-hydroxylation sites is 1. The Kier molecular flexibility index (Phi) is 5.70. The average Bonchev–Trinajstić information content (AvgIpc) is 2.78. The van der Waals surface area contributed by atoms with Crippen LogP contribution in [0.4, 0.5) is 0 Å². The third-order valence-corrected chi connectivity index (χ3v) is 5.86. The fourth-order valence-electron chi connectivity index (χ4n) is 4.14. The Morgan fingerprint density at radius 3 is 2.32 bits per heavy atom. The van der Waals surface area contributed by atoms with Crippen LogP contribution in [0.3, 0.4) is 0 Å². The van der Waals surface area contributed by atoms with E-state index in [2.05, 4.69) is 4.98 Å². The minimum absolute atomic E-state index is 0.180. The van der Waals surface area contributed by atoms with Gasteiger partial charge in [-0.05, 0) is 30.5 Å². The molecule has 1 aliphatic heterocycles. The summed E-state index contributed by atoms with van der Waals surface area (Å²) in [6.45, 7) is 0.558. The van der Waals surface area contributed by atoms with Crippen LogP contribution in [-0.4, -0.2) is 44.5 Å². The number of hydrogen-bond donors (Lipinski definition) is 2. The van der Waals surface area contributed by atoms with E-state index in [4.69, 9.17) is 0 Å². The Morgan fingerprint density at radius 2 is 1.65 bits per heavy atom. The number of nitrogens with zero attached hydrogens (tertiary/aromatic N) is 2. The van der Waals surface area contributed by atoms with E-state index < -0.39 is 29.2 Å². The topological polar surface area (TPSA) is 112 Å². The summed E-state index contributed by atoms with van der Waals surface area (Å²) in [5, 5.41) is 9.56. The number of carbonyl (C=O) groups excluding carboxylic acids is 1. The molecule has 1 amide bonds. The number of hydrogen-bond acceptors (Lipinski definition) is 4. The number of amides is 1. The quantitative estimate of drug-likeness (QED) is 0.652. The van der Waals surface area contributed by atoms with Crippen molar-refractivity contribution in [2.75, 3.05) is 13.1 Å². The Morgan fingerprint density at radius 1 is 1.00 bits per heavy atom. The fourth-order valence-corrected chi connectivity index (χ4v) is 4.14. The number of likely N-dealkylation sites (tertiary alicyclic amines) is 1. The molecular weight excluding hydrogens is 398 g/mol. The lowest BCUT2D eigenvalue weighted by molar-refractivity contribution is -0.146. The van der Waals surface area contributed by atoms with E-state index >= 15 is 0 Å². The summed E-state index contributed by atoms with van der Waals surface area (Å²) < 4.78 is 1.00. The molecule has 1 fully saturated rings. The molecule has 3 aromatic rings. The minimum Gasteiger partial charge on any atom is -0.481 e. The fraction of sp³-hybridized carbons (Fsp3) is 0.304. The highest BCUT2D eigenvalue weighted by Gasteiger charge is 2.33. The molecule has 0 saturated carbocycles. The molecule has 0 aliphatic carbocycles. The number of aromatic nitrogens is 2. The smallest absolute Gasteiger partial charge is 0.329 e. The number of aromatic amines is 1. The van der Waals surface area contributed by atoms with Gasteiger partial charge in [-0.15, -0.1) is 0 Å². The predicted molar refractivity (Wildman–Crippen MR) is 115 cm³/mol. The third kappa shape index (κ3) is 4.14. The van der Waals surface area contributed by atoms with Gasteiger partial charge in [0.25, 0.3) is 5.56 Å². The predicted octanol–water partition coefficient (Wildman–Crippen LogP) is 1.80. The number of nitrogens with one attached hydrogen (secondary N) is 1. The lowest BCUT2D eigenvalue weighted by atomic mass is 9.96. The lowest BCUT2D eigenvalue weighted by Gasteiger charge is -2.33. The maximum absolute atomic E-state index is 13.5. The highest BCUT2D eigenvalue weighted by molar-refractivity contribution is 5.82. The number of aliphatic carboxylic acids is 1. The molecule has 160 valence electrons. The van der Waals surface area contributed by atoms with Crippen LogP contribution in [0.1, 0.15) is 24.4 Å². The van der Waals surface area contributed by atoms with Crippen LogP contribution in [0, 0.1) is 5.92 Å². The molecule has 0 bridgehead atoms. The maximum Gasteiger partial charge on any atom is 0.329 e. The first-order valence-corrected chi connectivity index (χ1v) is 10.2. The van der Waals surface area contributed by atoms with Crippen molar-refractivity contribution in [1.29, 1.82) is 0 Å². The number of piperidine rings is 1. The van der Waals surface area contributed by atoms with E-state index in [9.17, 15) is 24.3 Å². The molecule has 2 aromatic carbocycles. The minimum atomic E-state index is -1.02. The summed E-state index contributed by atoms with van der Waals surface area (Å²) in [5.41, 5.74) is 0.0788. The van der Waals surface area contributed by atoms with Crippen molar-refractivity contribution in [2.45, 2.75) is 25.3 Å². The van der Waals surface area contributed by atoms with Gasteiger partial charge in [-0.25, -0.2) is 9.36 Å². The van der Waals surface area contributed by atoms with Crippen LogP contribution in [0.5, 0.6) is 0 Å². The molecule has 1 atom stereocenters. The number of carboxylic acid groups (broad SMARTS) is 1. The number of carboxylic acids is 1. The van der Waals surface area contributed by atoms with Crippen molar-refractivity contribution >= 4 is 22.8 Å². The number of rotatable bonds is 5. The molecule has 2 N–H and O–H groups in total. The molecule has 1 saturated heterocycles. The molecule has 0 radical (unpaired) electrons. The zero-order chi connectivity index (χ0) is 22.0. The summed E-state index contributed by atoms with van der Waals surface area (Å²) in [6.07, 6.45) is 0.879. The summed E-state index contributed by atoms with van der Waals surface area (Å²) in [6, 6.07) is 14.9. The SMILES string of the molecule is O=C(O)C1CCN(C(=O)[C@H](Cc2ccccc2)n2c(=O)[nH]c3ccccc3c2=O)CC1. The Balaban J connectivity index is 1.75. The molecule has 0 unspecified atom stereocenters. The van der Waals surface area contributed by atoms with E-state index in [1.54, 1.807) is 29.2 Å². The first-order valence-electron chi connectivity index (χ1n) is 10.2. The van der Waals surface area contributed by atoms with E-state index in [-0.39, 0.29) is 25.4 Å². The Bertz CT molecular complexity index is 1220. The molecule has 8 nitrogen and oxygen atoms in total. The second-order valence-corrected chi connectivity index (χ2v) is 7.79. The zero-order valence-electron chi connectivity index (χ0n) is 16.9. The van der Waals surface area contributed by atoms with E-state index in [0.717, 1.165) is 10.1 Å². The molecule has 4 rings (SSSR count). The average molecular weight is 421 g/mol. The summed E-state index contributed by atoms with van der Waals surface area (Å²) in [7, 11) is 0. The van der Waals surface area contributed by atoms with E-state index in [0.29, 0.717) is 23.7 Å². The highest BCUT2D eigenvalue weighted by atomic mass is 16.4. The summed E-state index contributed by atoms with van der Waals surface area (Å²) in [4.78, 5) is 55.1. The van der Waals surface area contributed by atoms with Crippen molar-refractivity contribution < 1.29 is 14.7 Å². The molecule has 2 heterocycles. The van der Waals surface area contributed by atoms with Gasteiger partial charge in [0.2, 0.25) is 5.91 Å². The molecule has 1 aliphatic rings. The van der Waals surface area contributed by atoms with Gasteiger partial charge in [-0.2, -0.15) is 0 Å². The van der Waals surface area contributed by atoms with Crippen molar-refractivity contribution in [3.05, 3.63) is 81.0 Å². The molecular formula is C23H23N3O5. The first-order chi connectivity index (χ1) is 15.0. The van der Waals surface area contributed by atoms with Crippen LogP contribution >= 0.6 is 0 Å². The van der Waals surface area contributed by atoms with Crippen LogP contribution in [0.2, 0.25) is 0 Å². The van der Waals surface area contributed by atoms with Gasteiger partial charge in [0.05, 0.1) is 16.8 Å². The van der Waals surface area contributed by atoms with Crippen LogP contribution in [0.25, 0.3) is 10.9 Å². The first kappa shape index (κ1) is 20.6. The van der Waals surface area contributed by atoms with Gasteiger partial charge in [-0.3, -0.25) is 14.4 Å². The number of H-pyrrole nitrogens is 1. The highest BCUT2D eigenvalue weighted by Crippen LogP contribution is 2.22. The number of benzene rings is 2. The van der Waals surface area contributed by atoms with Gasteiger partial charge >= 0.3 is 11.7 Å². The van der Waals surface area contributed by atoms with Crippen LogP contribution < -0.4 is 11.2 Å². The largest absolute Gasteiger partial charge is 0.481 e. The van der Waals surface area contributed by atoms with Crippen molar-refractivity contribution in [3.8, 4) is 0 Å². The lowest BCUT2D eigenvalue weighted by Crippen LogP contribution is -2.49. The number of fused-ring (bicyclic) bond motifs is 1. The summed E-state index contributed by atoms with van der Waals surface area (Å²) in [5.74, 6) is -1.70. The maximum atomic E-state index is 13.5. The standard InChI is InChI=1S/C23H23N3O5/c27-20-17-8-4-5-9-18(17)24-23(31)26(20)19(14-15-6-2-1-3-7-15)21(28)25-12-10-16(11-13-25)22(29)30/h1-9,16,19H,10-14H2,(H,24,31)(H,29,30)/t19-/m0/s1. The Labute approximate surface area is 177 Å². The van der Waals surface area contributed by atoms with Gasteiger partial charge < -0.3 is 15.0 Å². The molecule has 1 aromatic heterocycles.